The molecule has 0 radical (unpaired) electrons. The second-order valence-electron chi connectivity index (χ2n) is 5.44. The monoisotopic (exact) mass is 284 g/mol. The van der Waals surface area contributed by atoms with Crippen LogP contribution < -0.4 is 10.1 Å². The van der Waals surface area contributed by atoms with Crippen LogP contribution in [0.1, 0.15) is 24.2 Å². The average molecular weight is 284 g/mol. The number of hydrogen-bond acceptors (Lipinski definition) is 3. The van der Waals surface area contributed by atoms with Gasteiger partial charge in [0.2, 0.25) is 0 Å². The highest BCUT2D eigenvalue weighted by molar-refractivity contribution is 5.94. The zero-order valence-electron chi connectivity index (χ0n) is 11.5. The number of nitrogens with zero attached hydrogens (tertiary/aromatic N) is 1. The van der Waals surface area contributed by atoms with Gasteiger partial charge in [0.1, 0.15) is 5.75 Å². The highest BCUT2D eigenvalue weighted by Crippen LogP contribution is 2.18. The molecule has 1 aromatic rings. The zero-order chi connectivity index (χ0) is 14.8. The quantitative estimate of drug-likeness (QED) is 0.924. The van der Waals surface area contributed by atoms with E-state index in [9.17, 15) is 13.6 Å². The third-order valence-electron chi connectivity index (χ3n) is 3.19. The highest BCUT2D eigenvalue weighted by atomic mass is 19.3. The first-order valence-electron chi connectivity index (χ1n) is 6.46. The summed E-state index contributed by atoms with van der Waals surface area (Å²) < 4.78 is 28.4. The number of amides is 1. The molecule has 4 nitrogen and oxygen atoms in total. The van der Waals surface area contributed by atoms with Crippen LogP contribution in [0.5, 0.6) is 5.75 Å². The lowest BCUT2D eigenvalue weighted by atomic mass is 10.0. The topological polar surface area (TPSA) is 41.6 Å². The lowest BCUT2D eigenvalue weighted by Gasteiger charge is -2.39. The number of rotatable bonds is 3. The van der Waals surface area contributed by atoms with Gasteiger partial charge in [0.25, 0.3) is 5.91 Å². The molecule has 1 N–H and O–H groups in total. The third-order valence-corrected chi connectivity index (χ3v) is 3.19. The standard InChI is InChI=1S/C14H18F2N2O2/c1-14(2)9-18(8-7-17-14)12(19)10-3-5-11(6-4-10)20-13(15)16/h3-6,13,17H,7-9H2,1-2H3. The Kier molecular flexibility index (Phi) is 4.23. The first-order valence-corrected chi connectivity index (χ1v) is 6.46. The fraction of sp³-hybridized carbons (Fsp3) is 0.500. The average Bonchev–Trinajstić information content (AvgIpc) is 2.37. The van der Waals surface area contributed by atoms with Crippen molar-refractivity contribution in [2.75, 3.05) is 19.6 Å². The number of nitrogens with one attached hydrogen (secondary N) is 1. The number of piperazine rings is 1. The van der Waals surface area contributed by atoms with Crippen LogP contribution in [0, 0.1) is 0 Å². The van der Waals surface area contributed by atoms with Crippen molar-refractivity contribution >= 4 is 5.91 Å². The van der Waals surface area contributed by atoms with Gasteiger partial charge in [-0.1, -0.05) is 0 Å². The van der Waals surface area contributed by atoms with E-state index in [0.717, 1.165) is 6.54 Å². The molecule has 1 saturated heterocycles. The van der Waals surface area contributed by atoms with Gasteiger partial charge in [0.15, 0.2) is 0 Å². The van der Waals surface area contributed by atoms with Gasteiger partial charge >= 0.3 is 6.61 Å². The van der Waals surface area contributed by atoms with Crippen molar-refractivity contribution in [3.63, 3.8) is 0 Å². The molecule has 1 aliphatic heterocycles. The van der Waals surface area contributed by atoms with Crippen molar-refractivity contribution in [1.29, 1.82) is 0 Å². The lowest BCUT2D eigenvalue weighted by Crippen LogP contribution is -2.58. The summed E-state index contributed by atoms with van der Waals surface area (Å²) in [6.45, 7) is 3.20. The Labute approximate surface area is 116 Å². The van der Waals surface area contributed by atoms with Crippen molar-refractivity contribution < 1.29 is 18.3 Å². The molecule has 1 heterocycles. The molecule has 0 aromatic heterocycles. The molecule has 20 heavy (non-hydrogen) atoms. The Balaban J connectivity index is 2.05. The molecule has 0 atom stereocenters. The molecular weight excluding hydrogens is 266 g/mol. The maximum atomic E-state index is 12.3. The summed E-state index contributed by atoms with van der Waals surface area (Å²) in [5, 5.41) is 3.33. The van der Waals surface area contributed by atoms with Crippen molar-refractivity contribution in [2.24, 2.45) is 0 Å². The molecular formula is C14H18F2N2O2. The highest BCUT2D eigenvalue weighted by Gasteiger charge is 2.29. The van der Waals surface area contributed by atoms with Crippen molar-refractivity contribution in [1.82, 2.24) is 10.2 Å². The molecule has 1 aliphatic rings. The Morgan fingerprint density at radius 2 is 2.00 bits per heavy atom. The van der Waals surface area contributed by atoms with E-state index in [4.69, 9.17) is 0 Å². The molecule has 2 rings (SSSR count). The van der Waals surface area contributed by atoms with E-state index >= 15 is 0 Å². The van der Waals surface area contributed by atoms with Crippen LogP contribution in [-0.4, -0.2) is 42.6 Å². The molecule has 0 bridgehead atoms. The number of halogens is 2. The Bertz CT molecular complexity index is 475. The van der Waals surface area contributed by atoms with Gasteiger partial charge < -0.3 is 15.0 Å². The van der Waals surface area contributed by atoms with E-state index in [1.54, 1.807) is 4.90 Å². The fourth-order valence-electron chi connectivity index (χ4n) is 2.28. The van der Waals surface area contributed by atoms with Crippen LogP contribution in [0.25, 0.3) is 0 Å². The van der Waals surface area contributed by atoms with Crippen molar-refractivity contribution in [3.8, 4) is 5.75 Å². The number of alkyl halides is 2. The van der Waals surface area contributed by atoms with Crippen LogP contribution in [0.2, 0.25) is 0 Å². The summed E-state index contributed by atoms with van der Waals surface area (Å²) in [7, 11) is 0. The predicted octanol–water partition coefficient (Wildman–Crippen LogP) is 2.11. The number of carbonyl (C=O) groups excluding carboxylic acids is 1. The van der Waals surface area contributed by atoms with Gasteiger partial charge in [-0.2, -0.15) is 8.78 Å². The Morgan fingerprint density at radius 1 is 1.35 bits per heavy atom. The Morgan fingerprint density at radius 3 is 2.55 bits per heavy atom. The number of benzene rings is 1. The molecule has 6 heteroatoms. The number of ether oxygens (including phenoxy) is 1. The van der Waals surface area contributed by atoms with Crippen molar-refractivity contribution in [3.05, 3.63) is 29.8 Å². The van der Waals surface area contributed by atoms with E-state index in [1.165, 1.54) is 24.3 Å². The van der Waals surface area contributed by atoms with Gasteiger partial charge in [-0.15, -0.1) is 0 Å². The zero-order valence-corrected chi connectivity index (χ0v) is 11.5. The summed E-state index contributed by atoms with van der Waals surface area (Å²) >= 11 is 0. The summed E-state index contributed by atoms with van der Waals surface area (Å²) in [6.07, 6.45) is 0. The van der Waals surface area contributed by atoms with Crippen molar-refractivity contribution in [2.45, 2.75) is 26.0 Å². The molecule has 1 amide bonds. The molecule has 0 saturated carbocycles. The van der Waals surface area contributed by atoms with Crippen LogP contribution in [-0.2, 0) is 0 Å². The summed E-state index contributed by atoms with van der Waals surface area (Å²) in [6, 6.07) is 5.78. The minimum absolute atomic E-state index is 0.0530. The molecule has 1 fully saturated rings. The summed E-state index contributed by atoms with van der Waals surface area (Å²) in [5.74, 6) is -0.0413. The van der Waals surface area contributed by atoms with E-state index in [-0.39, 0.29) is 17.2 Å². The van der Waals surface area contributed by atoms with E-state index in [2.05, 4.69) is 10.1 Å². The van der Waals surface area contributed by atoms with E-state index < -0.39 is 6.61 Å². The summed E-state index contributed by atoms with van der Waals surface area (Å²) in [5.41, 5.74) is 0.358. The van der Waals surface area contributed by atoms with Gasteiger partial charge in [0, 0.05) is 30.7 Å². The fourth-order valence-corrected chi connectivity index (χ4v) is 2.28. The van der Waals surface area contributed by atoms with Crippen LogP contribution >= 0.6 is 0 Å². The maximum absolute atomic E-state index is 12.3. The SMILES string of the molecule is CC1(C)CN(C(=O)c2ccc(OC(F)F)cc2)CCN1. The second-order valence-corrected chi connectivity index (χ2v) is 5.44. The predicted molar refractivity (Wildman–Crippen MR) is 71.1 cm³/mol. The third kappa shape index (κ3) is 3.66. The molecule has 110 valence electrons. The van der Waals surface area contributed by atoms with E-state index in [1.807, 2.05) is 13.8 Å². The van der Waals surface area contributed by atoms with Crippen LogP contribution in [0.3, 0.4) is 0 Å². The van der Waals surface area contributed by atoms with Gasteiger partial charge in [-0.3, -0.25) is 4.79 Å². The minimum Gasteiger partial charge on any atom is -0.435 e. The normalized spacial score (nSPS) is 18.1. The second kappa shape index (κ2) is 5.75. The largest absolute Gasteiger partial charge is 0.435 e. The Hall–Kier alpha value is -1.69. The smallest absolute Gasteiger partial charge is 0.387 e. The van der Waals surface area contributed by atoms with E-state index in [0.29, 0.717) is 18.7 Å². The number of carbonyl (C=O) groups is 1. The maximum Gasteiger partial charge on any atom is 0.387 e. The van der Waals surface area contributed by atoms with Crippen LogP contribution in [0.15, 0.2) is 24.3 Å². The van der Waals surface area contributed by atoms with Gasteiger partial charge in [-0.05, 0) is 38.1 Å². The molecule has 0 aliphatic carbocycles. The first kappa shape index (κ1) is 14.7. The van der Waals surface area contributed by atoms with Gasteiger partial charge in [0.05, 0.1) is 0 Å². The number of hydrogen-bond donors (Lipinski definition) is 1. The first-order chi connectivity index (χ1) is 9.37. The summed E-state index contributed by atoms with van der Waals surface area (Å²) in [4.78, 5) is 14.1. The minimum atomic E-state index is -2.86. The lowest BCUT2D eigenvalue weighted by molar-refractivity contribution is -0.0498. The van der Waals surface area contributed by atoms with Gasteiger partial charge in [-0.25, -0.2) is 0 Å². The molecule has 0 unspecified atom stereocenters. The van der Waals surface area contributed by atoms with Crippen LogP contribution in [0.4, 0.5) is 8.78 Å². The molecule has 1 aromatic carbocycles. The molecule has 0 spiro atoms.